The van der Waals surface area contributed by atoms with Crippen LogP contribution in [0, 0.1) is 18.7 Å². The van der Waals surface area contributed by atoms with Crippen LogP contribution in [0.1, 0.15) is 42.0 Å². The van der Waals surface area contributed by atoms with Crippen LogP contribution in [-0.4, -0.2) is 39.3 Å². The third kappa shape index (κ3) is 7.15. The molecule has 2 aliphatic rings. The van der Waals surface area contributed by atoms with Crippen molar-refractivity contribution in [3.63, 3.8) is 0 Å². The predicted molar refractivity (Wildman–Crippen MR) is 160 cm³/mol. The van der Waals surface area contributed by atoms with Gasteiger partial charge in [-0.3, -0.25) is 4.79 Å². The highest BCUT2D eigenvalue weighted by atomic mass is 35.5. The number of ether oxygens (including phenoxy) is 3. The molecule has 0 radical (unpaired) electrons. The van der Waals surface area contributed by atoms with E-state index >= 15 is 0 Å². The maximum atomic E-state index is 14.8. The minimum Gasteiger partial charge on any atom is -0.497 e. The fourth-order valence-electron chi connectivity index (χ4n) is 5.09. The number of halogens is 3. The van der Waals surface area contributed by atoms with Gasteiger partial charge in [0, 0.05) is 17.7 Å². The van der Waals surface area contributed by atoms with Gasteiger partial charge in [0.15, 0.2) is 5.75 Å². The molecule has 0 bridgehead atoms. The fourth-order valence-corrected chi connectivity index (χ4v) is 5.80. The molecule has 1 fully saturated rings. The van der Waals surface area contributed by atoms with Crippen molar-refractivity contribution < 1.29 is 23.4 Å². The third-order valence-corrected chi connectivity index (χ3v) is 7.92. The van der Waals surface area contributed by atoms with Gasteiger partial charge in [-0.1, -0.05) is 35.3 Å². The van der Waals surface area contributed by atoms with Gasteiger partial charge >= 0.3 is 0 Å². The van der Waals surface area contributed by atoms with E-state index in [1.54, 1.807) is 31.4 Å². The van der Waals surface area contributed by atoms with Crippen molar-refractivity contribution in [1.29, 1.82) is 0 Å². The van der Waals surface area contributed by atoms with E-state index in [0.29, 0.717) is 58.0 Å². The molecule has 216 valence electrons. The summed E-state index contributed by atoms with van der Waals surface area (Å²) in [5, 5.41) is 7.37. The Bertz CT molecular complexity index is 1420. The van der Waals surface area contributed by atoms with Crippen molar-refractivity contribution in [3.8, 4) is 17.2 Å². The van der Waals surface area contributed by atoms with Gasteiger partial charge < -0.3 is 24.8 Å². The summed E-state index contributed by atoms with van der Waals surface area (Å²) in [6.45, 7) is 3.71. The Labute approximate surface area is 249 Å². The molecule has 1 saturated carbocycles. The second kappa shape index (κ2) is 13.1. The molecule has 1 heterocycles. The number of amides is 1. The number of rotatable bonds is 11. The lowest BCUT2D eigenvalue weighted by atomic mass is 9.93. The summed E-state index contributed by atoms with van der Waals surface area (Å²) in [6.07, 6.45) is 2.60. The number of carbonyl (C=O) groups is 1. The first-order valence-electron chi connectivity index (χ1n) is 13.7. The van der Waals surface area contributed by atoms with Gasteiger partial charge in [0.25, 0.3) is 0 Å². The average molecular weight is 600 g/mol. The van der Waals surface area contributed by atoms with E-state index in [2.05, 4.69) is 10.6 Å². The molecule has 6 nitrogen and oxygen atoms in total. The van der Waals surface area contributed by atoms with Gasteiger partial charge in [-0.25, -0.2) is 4.39 Å². The van der Waals surface area contributed by atoms with E-state index in [0.717, 1.165) is 36.1 Å². The Hall–Kier alpha value is -3.26. The predicted octanol–water partition coefficient (Wildman–Crippen LogP) is 6.92. The molecule has 41 heavy (non-hydrogen) atoms. The van der Waals surface area contributed by atoms with E-state index in [9.17, 15) is 9.18 Å². The Morgan fingerprint density at radius 2 is 1.71 bits per heavy atom. The number of methoxy groups -OCH3 is 1. The number of benzene rings is 3. The van der Waals surface area contributed by atoms with Crippen LogP contribution >= 0.6 is 23.2 Å². The molecule has 0 aromatic heterocycles. The quantitative estimate of drug-likeness (QED) is 0.234. The summed E-state index contributed by atoms with van der Waals surface area (Å²) in [4.78, 5) is 13.6. The van der Waals surface area contributed by atoms with Crippen molar-refractivity contribution in [3.05, 3.63) is 92.7 Å². The molecule has 1 atom stereocenters. The van der Waals surface area contributed by atoms with E-state index in [1.807, 2.05) is 31.2 Å². The molecule has 0 spiro atoms. The standard InChI is InChI=1S/C32H33Cl2FN2O4/c1-19-15-27(33)31(28(34)16-19)41-14-13-40-22-7-5-20(6-8-22)24-11-12-36-18-26(24)32(38)37-30(21-3-4-21)25-17-23(39-2)9-10-29(25)35/h5-10,15-17,21,30,36H,3-4,11-14,18H2,1-2H3,(H,37,38). The summed E-state index contributed by atoms with van der Waals surface area (Å²) < 4.78 is 31.7. The molecule has 1 aliphatic heterocycles. The lowest BCUT2D eigenvalue weighted by Crippen LogP contribution is -2.37. The Kier molecular flexibility index (Phi) is 9.38. The largest absolute Gasteiger partial charge is 0.497 e. The van der Waals surface area contributed by atoms with Gasteiger partial charge in [-0.05, 0) is 97.8 Å². The summed E-state index contributed by atoms with van der Waals surface area (Å²) in [5.41, 5.74) is 4.01. The number of nitrogens with one attached hydrogen (secondary N) is 2. The van der Waals surface area contributed by atoms with E-state index in [1.165, 1.54) is 6.07 Å². The molecular formula is C32H33Cl2FN2O4. The highest BCUT2D eigenvalue weighted by molar-refractivity contribution is 6.37. The van der Waals surface area contributed by atoms with Crippen molar-refractivity contribution in [1.82, 2.24) is 10.6 Å². The van der Waals surface area contributed by atoms with Crippen LogP contribution in [0.25, 0.3) is 5.57 Å². The highest BCUT2D eigenvalue weighted by Gasteiger charge is 2.36. The van der Waals surface area contributed by atoms with Gasteiger partial charge in [-0.15, -0.1) is 0 Å². The first-order valence-corrected chi connectivity index (χ1v) is 14.5. The summed E-state index contributed by atoms with van der Waals surface area (Å²) in [7, 11) is 1.55. The molecule has 3 aromatic carbocycles. The molecule has 5 rings (SSSR count). The average Bonchev–Trinajstić information content (AvgIpc) is 3.81. The monoisotopic (exact) mass is 598 g/mol. The molecule has 1 amide bonds. The maximum Gasteiger partial charge on any atom is 0.249 e. The van der Waals surface area contributed by atoms with Crippen LogP contribution in [0.2, 0.25) is 10.0 Å². The van der Waals surface area contributed by atoms with Crippen LogP contribution in [0.4, 0.5) is 4.39 Å². The highest BCUT2D eigenvalue weighted by Crippen LogP contribution is 2.43. The first kappa shape index (κ1) is 29.2. The van der Waals surface area contributed by atoms with Crippen molar-refractivity contribution >= 4 is 34.7 Å². The molecule has 0 saturated heterocycles. The topological polar surface area (TPSA) is 68.8 Å². The zero-order valence-corrected chi connectivity index (χ0v) is 24.6. The molecular weight excluding hydrogens is 566 g/mol. The number of carbonyl (C=O) groups excluding carboxylic acids is 1. The Balaban J connectivity index is 1.25. The lowest BCUT2D eigenvalue weighted by Gasteiger charge is -2.25. The van der Waals surface area contributed by atoms with Crippen molar-refractivity contribution in [2.24, 2.45) is 5.92 Å². The number of aryl methyl sites for hydroxylation is 1. The van der Waals surface area contributed by atoms with Crippen LogP contribution in [-0.2, 0) is 4.79 Å². The van der Waals surface area contributed by atoms with Crippen LogP contribution < -0.4 is 24.8 Å². The lowest BCUT2D eigenvalue weighted by molar-refractivity contribution is -0.118. The Morgan fingerprint density at radius 1 is 1.02 bits per heavy atom. The van der Waals surface area contributed by atoms with Crippen molar-refractivity contribution in [2.75, 3.05) is 33.4 Å². The second-order valence-corrected chi connectivity index (χ2v) is 11.2. The van der Waals surface area contributed by atoms with Crippen LogP contribution in [0.15, 0.2) is 60.2 Å². The summed E-state index contributed by atoms with van der Waals surface area (Å²) >= 11 is 12.5. The Morgan fingerprint density at radius 3 is 2.39 bits per heavy atom. The van der Waals surface area contributed by atoms with E-state index in [4.69, 9.17) is 37.4 Å². The minimum atomic E-state index is -0.407. The minimum absolute atomic E-state index is 0.183. The van der Waals surface area contributed by atoms with Gasteiger partial charge in [0.2, 0.25) is 5.91 Å². The van der Waals surface area contributed by atoms with Gasteiger partial charge in [0.1, 0.15) is 30.5 Å². The third-order valence-electron chi connectivity index (χ3n) is 7.35. The maximum absolute atomic E-state index is 14.8. The van der Waals surface area contributed by atoms with E-state index in [-0.39, 0.29) is 24.2 Å². The second-order valence-electron chi connectivity index (χ2n) is 10.3. The van der Waals surface area contributed by atoms with Gasteiger partial charge in [0.05, 0.1) is 23.2 Å². The zero-order valence-electron chi connectivity index (χ0n) is 23.1. The zero-order chi connectivity index (χ0) is 28.9. The molecule has 3 aromatic rings. The SMILES string of the molecule is COc1ccc(F)c(C(NC(=O)C2=C(c3ccc(OCCOc4c(Cl)cc(C)cc4Cl)cc3)CCNC2)C2CC2)c1. The van der Waals surface area contributed by atoms with Gasteiger partial charge in [-0.2, -0.15) is 0 Å². The molecule has 9 heteroatoms. The summed E-state index contributed by atoms with van der Waals surface area (Å²) in [6, 6.07) is 15.5. The van der Waals surface area contributed by atoms with Crippen LogP contribution in [0.5, 0.6) is 17.2 Å². The van der Waals surface area contributed by atoms with E-state index < -0.39 is 6.04 Å². The smallest absolute Gasteiger partial charge is 0.249 e. The normalized spacial score (nSPS) is 15.8. The summed E-state index contributed by atoms with van der Waals surface area (Å²) in [5.74, 6) is 1.37. The van der Waals surface area contributed by atoms with Crippen LogP contribution in [0.3, 0.4) is 0 Å². The van der Waals surface area contributed by atoms with Crippen molar-refractivity contribution in [2.45, 2.75) is 32.2 Å². The fraction of sp³-hybridized carbons (Fsp3) is 0.344. The first-order chi connectivity index (χ1) is 19.8. The molecule has 2 N–H and O–H groups in total. The number of hydrogen-bond acceptors (Lipinski definition) is 5. The molecule has 1 aliphatic carbocycles. The number of hydrogen-bond donors (Lipinski definition) is 2. The molecule has 1 unspecified atom stereocenters.